The quantitative estimate of drug-likeness (QED) is 0.872. The molecule has 2 rings (SSSR count). The number of rotatable bonds is 5. The van der Waals surface area contributed by atoms with Crippen LogP contribution < -0.4 is 11.1 Å². The minimum atomic E-state index is -0.492. The van der Waals surface area contributed by atoms with Crippen molar-refractivity contribution in [3.63, 3.8) is 0 Å². The lowest BCUT2D eigenvalue weighted by atomic mass is 10.1. The number of aromatic nitrogens is 2. The third-order valence-corrected chi connectivity index (χ3v) is 2.89. The molecule has 0 saturated heterocycles. The molecule has 2 aromatic rings. The van der Waals surface area contributed by atoms with Gasteiger partial charge in [0, 0.05) is 5.56 Å². The van der Waals surface area contributed by atoms with Gasteiger partial charge < -0.3 is 11.1 Å². The molecule has 1 amide bonds. The van der Waals surface area contributed by atoms with Crippen LogP contribution in [0.3, 0.4) is 0 Å². The predicted molar refractivity (Wildman–Crippen MR) is 79.0 cm³/mol. The van der Waals surface area contributed by atoms with E-state index in [2.05, 4.69) is 15.3 Å². The zero-order valence-electron chi connectivity index (χ0n) is 11.4. The molecule has 3 N–H and O–H groups in total. The molecule has 1 aromatic carbocycles. The Kier molecular flexibility index (Phi) is 4.79. The normalized spacial score (nSPS) is 11.9. The second-order valence-electron chi connectivity index (χ2n) is 4.55. The van der Waals surface area contributed by atoms with Crippen LogP contribution in [0.25, 0.3) is 11.4 Å². The monoisotopic (exact) mass is 270 g/mol. The topological polar surface area (TPSA) is 80.9 Å². The first-order valence-corrected chi connectivity index (χ1v) is 6.64. The van der Waals surface area contributed by atoms with Crippen LogP contribution in [0.2, 0.25) is 0 Å². The molecular formula is C15H18N4O. The molecule has 20 heavy (non-hydrogen) atoms. The first kappa shape index (κ1) is 14.1. The van der Waals surface area contributed by atoms with Gasteiger partial charge in [0.2, 0.25) is 5.91 Å². The van der Waals surface area contributed by atoms with E-state index in [1.165, 1.54) is 0 Å². The van der Waals surface area contributed by atoms with E-state index in [1.807, 2.05) is 37.3 Å². The Hall–Kier alpha value is -2.27. The highest BCUT2D eigenvalue weighted by Crippen LogP contribution is 2.14. The summed E-state index contributed by atoms with van der Waals surface area (Å²) in [5.74, 6) is 0.421. The van der Waals surface area contributed by atoms with Gasteiger partial charge in [-0.25, -0.2) is 9.97 Å². The third-order valence-electron chi connectivity index (χ3n) is 2.89. The number of carbonyl (C=O) groups excluding carboxylic acids is 1. The van der Waals surface area contributed by atoms with Crippen molar-refractivity contribution < 1.29 is 4.79 Å². The zero-order valence-corrected chi connectivity index (χ0v) is 11.4. The maximum absolute atomic E-state index is 11.8. The summed E-state index contributed by atoms with van der Waals surface area (Å²) in [7, 11) is 0. The molecular weight excluding hydrogens is 252 g/mol. The zero-order chi connectivity index (χ0) is 14.4. The van der Waals surface area contributed by atoms with E-state index >= 15 is 0 Å². The Bertz CT molecular complexity index is 554. The van der Waals surface area contributed by atoms with Gasteiger partial charge in [-0.2, -0.15) is 0 Å². The number of benzene rings is 1. The minimum Gasteiger partial charge on any atom is -0.322 e. The van der Waals surface area contributed by atoms with Crippen molar-refractivity contribution in [2.24, 2.45) is 5.73 Å². The molecule has 0 aliphatic heterocycles. The van der Waals surface area contributed by atoms with Crippen LogP contribution in [0, 0.1) is 0 Å². The first-order chi connectivity index (χ1) is 9.70. The number of nitrogens with two attached hydrogens (primary N) is 1. The fourth-order valence-corrected chi connectivity index (χ4v) is 1.81. The molecule has 0 saturated carbocycles. The molecule has 0 aliphatic carbocycles. The largest absolute Gasteiger partial charge is 0.322 e. The molecule has 0 aliphatic rings. The molecule has 0 radical (unpaired) electrons. The molecule has 1 aromatic heterocycles. The van der Waals surface area contributed by atoms with Crippen molar-refractivity contribution in [1.82, 2.24) is 9.97 Å². The molecule has 1 atom stereocenters. The Balaban J connectivity index is 2.04. The summed E-state index contributed by atoms with van der Waals surface area (Å²) in [4.78, 5) is 20.2. The summed E-state index contributed by atoms with van der Waals surface area (Å²) in [5, 5.41) is 2.72. The Morgan fingerprint density at radius 2 is 1.90 bits per heavy atom. The van der Waals surface area contributed by atoms with Crippen molar-refractivity contribution in [2.75, 3.05) is 5.32 Å². The van der Waals surface area contributed by atoms with E-state index in [9.17, 15) is 4.79 Å². The fraction of sp³-hybridized carbons (Fsp3) is 0.267. The number of anilines is 1. The third kappa shape index (κ3) is 3.61. The molecule has 0 spiro atoms. The Morgan fingerprint density at radius 3 is 2.50 bits per heavy atom. The molecule has 0 unspecified atom stereocenters. The highest BCUT2D eigenvalue weighted by Gasteiger charge is 2.12. The molecule has 1 heterocycles. The molecule has 5 nitrogen and oxygen atoms in total. The SMILES string of the molecule is CCC[C@@H](N)C(=O)Nc1cnc(-c2ccccc2)nc1. The van der Waals surface area contributed by atoms with E-state index < -0.39 is 6.04 Å². The maximum atomic E-state index is 11.8. The van der Waals surface area contributed by atoms with Crippen LogP contribution in [0.4, 0.5) is 5.69 Å². The van der Waals surface area contributed by atoms with Crippen LogP contribution in [0.1, 0.15) is 19.8 Å². The Morgan fingerprint density at radius 1 is 1.25 bits per heavy atom. The van der Waals surface area contributed by atoms with Gasteiger partial charge in [0.1, 0.15) is 0 Å². The highest BCUT2D eigenvalue weighted by atomic mass is 16.2. The van der Waals surface area contributed by atoms with Crippen molar-refractivity contribution in [3.8, 4) is 11.4 Å². The maximum Gasteiger partial charge on any atom is 0.241 e. The van der Waals surface area contributed by atoms with Gasteiger partial charge >= 0.3 is 0 Å². The van der Waals surface area contributed by atoms with E-state index in [0.29, 0.717) is 17.9 Å². The fourth-order valence-electron chi connectivity index (χ4n) is 1.81. The first-order valence-electron chi connectivity index (χ1n) is 6.64. The molecule has 0 fully saturated rings. The molecule has 5 heteroatoms. The van der Waals surface area contributed by atoms with Gasteiger partial charge in [-0.05, 0) is 6.42 Å². The minimum absolute atomic E-state index is 0.206. The summed E-state index contributed by atoms with van der Waals surface area (Å²) >= 11 is 0. The summed E-state index contributed by atoms with van der Waals surface area (Å²) in [6.07, 6.45) is 4.71. The number of hydrogen-bond donors (Lipinski definition) is 2. The molecule has 0 bridgehead atoms. The lowest BCUT2D eigenvalue weighted by molar-refractivity contribution is -0.117. The van der Waals surface area contributed by atoms with Crippen molar-refractivity contribution >= 4 is 11.6 Å². The van der Waals surface area contributed by atoms with Gasteiger partial charge in [-0.1, -0.05) is 43.7 Å². The summed E-state index contributed by atoms with van der Waals surface area (Å²) in [6, 6.07) is 9.17. The molecule has 104 valence electrons. The number of amides is 1. The summed E-state index contributed by atoms with van der Waals surface area (Å²) < 4.78 is 0. The van der Waals surface area contributed by atoms with E-state index in [1.54, 1.807) is 12.4 Å². The van der Waals surface area contributed by atoms with Gasteiger partial charge in [0.05, 0.1) is 24.1 Å². The summed E-state index contributed by atoms with van der Waals surface area (Å²) in [5.41, 5.74) is 7.24. The number of nitrogens with zero attached hydrogens (tertiary/aromatic N) is 2. The standard InChI is InChI=1S/C15H18N4O/c1-2-6-13(16)15(20)19-12-9-17-14(18-10-12)11-7-4-3-5-8-11/h3-5,7-10,13H,2,6,16H2,1H3,(H,19,20)/t13-/m1/s1. The van der Waals surface area contributed by atoms with Gasteiger partial charge in [-0.3, -0.25) is 4.79 Å². The van der Waals surface area contributed by atoms with Crippen molar-refractivity contribution in [2.45, 2.75) is 25.8 Å². The van der Waals surface area contributed by atoms with Crippen molar-refractivity contribution in [3.05, 3.63) is 42.7 Å². The van der Waals surface area contributed by atoms with E-state index in [-0.39, 0.29) is 5.91 Å². The second kappa shape index (κ2) is 6.77. The van der Waals surface area contributed by atoms with Crippen LogP contribution in [0.15, 0.2) is 42.7 Å². The van der Waals surface area contributed by atoms with E-state index in [4.69, 9.17) is 5.73 Å². The lowest BCUT2D eigenvalue weighted by Crippen LogP contribution is -2.35. The smallest absolute Gasteiger partial charge is 0.241 e. The van der Waals surface area contributed by atoms with Crippen molar-refractivity contribution in [1.29, 1.82) is 0 Å². The van der Waals surface area contributed by atoms with Gasteiger partial charge in [0.25, 0.3) is 0 Å². The Labute approximate surface area is 118 Å². The highest BCUT2D eigenvalue weighted by molar-refractivity contribution is 5.94. The van der Waals surface area contributed by atoms with E-state index in [0.717, 1.165) is 12.0 Å². The van der Waals surface area contributed by atoms with Gasteiger partial charge in [-0.15, -0.1) is 0 Å². The average molecular weight is 270 g/mol. The van der Waals surface area contributed by atoms with Crippen LogP contribution in [-0.2, 0) is 4.79 Å². The van der Waals surface area contributed by atoms with Crippen LogP contribution in [-0.4, -0.2) is 21.9 Å². The van der Waals surface area contributed by atoms with Gasteiger partial charge in [0.15, 0.2) is 5.82 Å². The summed E-state index contributed by atoms with van der Waals surface area (Å²) in [6.45, 7) is 1.99. The lowest BCUT2D eigenvalue weighted by Gasteiger charge is -2.10. The van der Waals surface area contributed by atoms with Crippen LogP contribution in [0.5, 0.6) is 0 Å². The predicted octanol–water partition coefficient (Wildman–Crippen LogP) is 2.21. The number of hydrogen-bond acceptors (Lipinski definition) is 4. The number of carbonyl (C=O) groups is 1. The number of nitrogens with one attached hydrogen (secondary N) is 1. The average Bonchev–Trinajstić information content (AvgIpc) is 2.49. The second-order valence-corrected chi connectivity index (χ2v) is 4.55. The van der Waals surface area contributed by atoms with Crippen LogP contribution >= 0.6 is 0 Å².